The molecule has 0 saturated heterocycles. The van der Waals surface area contributed by atoms with E-state index in [1.165, 1.54) is 14.2 Å². The number of ether oxygens (including phenoxy) is 3. The van der Waals surface area contributed by atoms with Gasteiger partial charge in [0.05, 0.1) is 50.4 Å². The van der Waals surface area contributed by atoms with Crippen molar-refractivity contribution in [2.45, 2.75) is 31.5 Å². The maximum atomic E-state index is 15.3. The van der Waals surface area contributed by atoms with E-state index >= 15 is 8.78 Å². The van der Waals surface area contributed by atoms with Crippen LogP contribution >= 0.6 is 10.0 Å². The molecule has 3 aromatic rings. The van der Waals surface area contributed by atoms with Crippen LogP contribution in [-0.2, 0) is 28.2 Å². The van der Waals surface area contributed by atoms with Gasteiger partial charge in [0.25, 0.3) is 0 Å². The molecule has 1 aliphatic heterocycles. The van der Waals surface area contributed by atoms with Crippen LogP contribution in [0.2, 0.25) is 0 Å². The highest BCUT2D eigenvalue weighted by Gasteiger charge is 2.57. The Labute approximate surface area is 227 Å². The zero-order valence-electron chi connectivity index (χ0n) is 22.7. The summed E-state index contributed by atoms with van der Waals surface area (Å²) in [5.41, 5.74) is 7.95. The molecule has 1 saturated carbocycles. The van der Waals surface area contributed by atoms with Crippen LogP contribution in [0.3, 0.4) is 0 Å². The van der Waals surface area contributed by atoms with Crippen molar-refractivity contribution in [2.24, 2.45) is 0 Å². The number of carbonyl (C=O) groups excluding carboxylic acids is 1. The number of anilines is 2. The van der Waals surface area contributed by atoms with Crippen LogP contribution in [-0.4, -0.2) is 66.0 Å². The molecule has 1 spiro atoms. The second kappa shape index (κ2) is 9.98. The van der Waals surface area contributed by atoms with Crippen molar-refractivity contribution in [3.05, 3.63) is 47.3 Å². The average molecular weight is 562 g/mol. The van der Waals surface area contributed by atoms with Crippen molar-refractivity contribution in [1.82, 2.24) is 14.8 Å². The largest absolute Gasteiger partial charge is 0.493 e. The first kappa shape index (κ1) is 27.2. The number of aromatic nitrogens is 3. The predicted molar refractivity (Wildman–Crippen MR) is 148 cm³/mol. The first-order valence-electron chi connectivity index (χ1n) is 12.5. The number of amides is 1. The zero-order valence-corrected chi connectivity index (χ0v) is 23.5. The van der Waals surface area contributed by atoms with Crippen LogP contribution < -0.4 is 20.1 Å². The minimum absolute atomic E-state index is 0.0552. The fraction of sp³-hybridized carbons (Fsp3) is 0.444. The fourth-order valence-electron chi connectivity index (χ4n) is 4.94. The highest BCUT2D eigenvalue weighted by Crippen LogP contribution is 2.55. The number of carbonyl (C=O) groups is 1. The molecular formula is C27H33F2N5O4S. The van der Waals surface area contributed by atoms with Gasteiger partial charge in [-0.15, -0.1) is 0 Å². The molecule has 1 amide bonds. The highest BCUT2D eigenvalue weighted by atomic mass is 32.3. The number of methoxy groups -OCH3 is 2. The van der Waals surface area contributed by atoms with Crippen LogP contribution in [0.15, 0.2) is 24.5 Å². The minimum Gasteiger partial charge on any atom is -0.493 e. The van der Waals surface area contributed by atoms with Crippen molar-refractivity contribution in [2.75, 3.05) is 56.0 Å². The third kappa shape index (κ3) is 4.80. The lowest BCUT2D eigenvalue weighted by Gasteiger charge is -2.35. The Morgan fingerprint density at radius 1 is 1.08 bits per heavy atom. The third-order valence-electron chi connectivity index (χ3n) is 7.22. The summed E-state index contributed by atoms with van der Waals surface area (Å²) in [5.74, 6) is -1.76. The van der Waals surface area contributed by atoms with Gasteiger partial charge >= 0.3 is 0 Å². The molecule has 1 fully saturated rings. The molecular weight excluding hydrogens is 528 g/mol. The van der Waals surface area contributed by atoms with Crippen molar-refractivity contribution in [1.29, 1.82) is 0 Å². The summed E-state index contributed by atoms with van der Waals surface area (Å²) in [6.45, 7) is 0.764. The van der Waals surface area contributed by atoms with Crippen LogP contribution in [0, 0.1) is 11.6 Å². The van der Waals surface area contributed by atoms with E-state index in [1.54, 1.807) is 17.1 Å². The number of pyridine rings is 1. The number of fused-ring (bicyclic) bond motifs is 2. The number of rotatable bonds is 9. The number of hydrogen-bond donors (Lipinski definition) is 1. The van der Waals surface area contributed by atoms with Gasteiger partial charge in [0.2, 0.25) is 5.91 Å². The fourth-order valence-corrected chi connectivity index (χ4v) is 5.55. The maximum Gasteiger partial charge on any atom is 0.238 e. The smallest absolute Gasteiger partial charge is 0.238 e. The zero-order chi connectivity index (χ0) is 28.1. The molecule has 12 heteroatoms. The Balaban J connectivity index is 1.49. The molecule has 39 heavy (non-hydrogen) atoms. The van der Waals surface area contributed by atoms with Crippen LogP contribution in [0.1, 0.15) is 24.0 Å². The molecule has 1 aromatic carbocycles. The number of benzene rings is 1. The topological polar surface area (TPSA) is 105 Å². The van der Waals surface area contributed by atoms with Gasteiger partial charge in [0.1, 0.15) is 18.1 Å². The molecule has 3 heterocycles. The predicted octanol–water partition coefficient (Wildman–Crippen LogP) is 4.07. The summed E-state index contributed by atoms with van der Waals surface area (Å²) < 4.78 is 48.3. The molecule has 0 atom stereocenters. The highest BCUT2D eigenvalue weighted by molar-refractivity contribution is 8.32. The molecule has 2 N–H and O–H groups in total. The average Bonchev–Trinajstić information content (AvgIpc) is 3.61. The number of hydrogen-bond acceptors (Lipinski definition) is 7. The summed E-state index contributed by atoms with van der Waals surface area (Å²) in [4.78, 5) is 19.5. The summed E-state index contributed by atoms with van der Waals surface area (Å²) >= 11 is 0. The first-order chi connectivity index (χ1) is 18.5. The van der Waals surface area contributed by atoms with Gasteiger partial charge in [-0.2, -0.15) is 5.10 Å². The molecule has 2 aliphatic rings. The lowest BCUT2D eigenvalue weighted by atomic mass is 9.86. The number of nitrogens with two attached hydrogens (primary N) is 1. The van der Waals surface area contributed by atoms with E-state index in [9.17, 15) is 4.79 Å². The van der Waals surface area contributed by atoms with Crippen LogP contribution in [0.4, 0.5) is 20.2 Å². The summed E-state index contributed by atoms with van der Waals surface area (Å²) in [7, 11) is 1.86. The second-order valence-corrected chi connectivity index (χ2v) is 15.3. The SMILES string of the molecule is COc1cc(OC)c(F)c(N2Cc3cnc(-c4c(N)cnn4COCCS(C)(C)C)cc3C3(CC3)C2=O)c1F. The Morgan fingerprint density at radius 3 is 2.33 bits per heavy atom. The molecule has 210 valence electrons. The molecule has 2 aromatic heterocycles. The van der Waals surface area contributed by atoms with E-state index in [0.717, 1.165) is 22.3 Å². The Kier molecular flexibility index (Phi) is 6.96. The Morgan fingerprint density at radius 2 is 1.74 bits per heavy atom. The monoisotopic (exact) mass is 561 g/mol. The van der Waals surface area contributed by atoms with Crippen LogP contribution in [0.5, 0.6) is 11.5 Å². The number of nitrogens with zero attached hydrogens (tertiary/aromatic N) is 4. The number of halogens is 2. The third-order valence-corrected chi connectivity index (χ3v) is 8.61. The molecule has 1 aliphatic carbocycles. The van der Waals surface area contributed by atoms with E-state index in [2.05, 4.69) is 28.8 Å². The van der Waals surface area contributed by atoms with Gasteiger partial charge in [0, 0.05) is 18.0 Å². The minimum atomic E-state index is -0.960. The second-order valence-electron chi connectivity index (χ2n) is 10.7. The quantitative estimate of drug-likeness (QED) is 0.393. The maximum absolute atomic E-state index is 15.3. The summed E-state index contributed by atoms with van der Waals surface area (Å²) in [6, 6.07) is 2.97. The van der Waals surface area contributed by atoms with Crippen molar-refractivity contribution in [3.63, 3.8) is 0 Å². The van der Waals surface area contributed by atoms with E-state index in [0.29, 0.717) is 42.1 Å². The molecule has 9 nitrogen and oxygen atoms in total. The standard InChI is InChI=1S/C27H33F2N5O4S/c1-36-20-11-21(37-2)23(29)25(22(20)28)33-14-16-12-31-19(10-17(16)27(6-7-27)26(33)35)24-18(30)13-32-34(24)15-38-8-9-39(3,4)5/h10-13H,6-9,14-15,30H2,1-5H3. The van der Waals surface area contributed by atoms with E-state index < -0.39 is 32.8 Å². The van der Waals surface area contributed by atoms with Crippen LogP contribution in [0.25, 0.3) is 11.4 Å². The van der Waals surface area contributed by atoms with Gasteiger partial charge in [-0.05, 0) is 48.8 Å². The lowest BCUT2D eigenvalue weighted by molar-refractivity contribution is -0.121. The van der Waals surface area contributed by atoms with Gasteiger partial charge in [0.15, 0.2) is 23.1 Å². The summed E-state index contributed by atoms with van der Waals surface area (Å²) in [5, 5.41) is 4.36. The Bertz CT molecular complexity index is 1410. The molecule has 0 radical (unpaired) electrons. The first-order valence-corrected chi connectivity index (χ1v) is 15.5. The van der Waals surface area contributed by atoms with Crippen molar-refractivity contribution < 1.29 is 27.8 Å². The molecule has 0 bridgehead atoms. The van der Waals surface area contributed by atoms with Gasteiger partial charge < -0.3 is 24.8 Å². The Hall–Kier alpha value is -3.38. The van der Waals surface area contributed by atoms with Gasteiger partial charge in [-0.3, -0.25) is 9.78 Å². The molecule has 5 rings (SSSR count). The summed E-state index contributed by atoms with van der Waals surface area (Å²) in [6.07, 6.45) is 11.0. The van der Waals surface area contributed by atoms with Gasteiger partial charge in [-0.1, -0.05) is 0 Å². The van der Waals surface area contributed by atoms with Crippen molar-refractivity contribution in [3.8, 4) is 22.9 Å². The van der Waals surface area contributed by atoms with E-state index in [1.807, 2.05) is 6.07 Å². The number of nitrogen functional groups attached to an aromatic ring is 1. The van der Waals surface area contributed by atoms with Crippen molar-refractivity contribution >= 4 is 27.3 Å². The molecule has 0 unspecified atom stereocenters. The lowest BCUT2D eigenvalue weighted by Crippen LogP contribution is -2.45. The van der Waals surface area contributed by atoms with E-state index in [4.69, 9.17) is 19.9 Å². The normalized spacial score (nSPS) is 16.4. The van der Waals surface area contributed by atoms with E-state index in [-0.39, 0.29) is 30.7 Å². The van der Waals surface area contributed by atoms with Gasteiger partial charge in [-0.25, -0.2) is 23.5 Å².